The normalized spacial score (nSPS) is 18.5. The number of carbonyl (C=O) groups is 1. The Morgan fingerprint density at radius 2 is 2.06 bits per heavy atom. The number of carboxylic acids is 1. The van der Waals surface area contributed by atoms with Crippen molar-refractivity contribution in [2.45, 2.75) is 5.66 Å². The van der Waals surface area contributed by atoms with Gasteiger partial charge in [-0.3, -0.25) is 15.6 Å². The molecule has 0 unspecified atom stereocenters. The molecule has 0 aromatic heterocycles. The van der Waals surface area contributed by atoms with E-state index in [4.69, 9.17) is 5.11 Å². The Labute approximate surface area is 105 Å². The van der Waals surface area contributed by atoms with Gasteiger partial charge in [-0.2, -0.15) is 0 Å². The molecule has 0 fully saturated rings. The number of hydrogen-bond donors (Lipinski definition) is 4. The number of hydrogen-bond acceptors (Lipinski definition) is 4. The second kappa shape index (κ2) is 4.40. The van der Waals surface area contributed by atoms with Crippen molar-refractivity contribution in [2.24, 2.45) is 4.99 Å². The smallest absolute Gasteiger partial charge is 0.335 e. The van der Waals surface area contributed by atoms with Crippen LogP contribution in [-0.4, -0.2) is 38.1 Å². The lowest BCUT2D eigenvalue weighted by Gasteiger charge is -2.29. The van der Waals surface area contributed by atoms with Gasteiger partial charge >= 0.3 is 5.97 Å². The summed E-state index contributed by atoms with van der Waals surface area (Å²) in [6.45, 7) is 0. The fourth-order valence-electron chi connectivity index (χ4n) is 2.30. The Balaban J connectivity index is 2.63. The van der Waals surface area contributed by atoms with E-state index in [-0.39, 0.29) is 5.56 Å². The Morgan fingerprint density at radius 1 is 1.39 bits per heavy atom. The predicted octanol–water partition coefficient (Wildman–Crippen LogP) is 0.430. The van der Waals surface area contributed by atoms with Crippen LogP contribution < -0.4 is 16.0 Å². The van der Waals surface area contributed by atoms with Crippen LogP contribution in [0.2, 0.25) is 0 Å². The molecule has 0 amide bonds. The SMILES string of the molecule is CN=C1Nc2ccc(C(=O)O)cc2C1(NC)NC. The minimum atomic E-state index is -0.944. The minimum Gasteiger partial charge on any atom is -0.478 e. The number of nitrogens with one attached hydrogen (secondary N) is 3. The molecule has 0 spiro atoms. The summed E-state index contributed by atoms with van der Waals surface area (Å²) >= 11 is 0. The zero-order valence-electron chi connectivity index (χ0n) is 10.5. The number of amidine groups is 1. The second-order valence-corrected chi connectivity index (χ2v) is 4.01. The average molecular weight is 248 g/mol. The number of aromatic carboxylic acids is 1. The highest BCUT2D eigenvalue weighted by molar-refractivity contribution is 6.09. The van der Waals surface area contributed by atoms with Crippen LogP contribution in [0.5, 0.6) is 0 Å². The maximum absolute atomic E-state index is 11.0. The Kier molecular flexibility index (Phi) is 3.06. The van der Waals surface area contributed by atoms with Gasteiger partial charge in [0.1, 0.15) is 5.84 Å². The second-order valence-electron chi connectivity index (χ2n) is 4.01. The average Bonchev–Trinajstić information content (AvgIpc) is 2.71. The van der Waals surface area contributed by atoms with Crippen LogP contribution in [0.4, 0.5) is 5.69 Å². The first-order valence-corrected chi connectivity index (χ1v) is 5.59. The van der Waals surface area contributed by atoms with Crippen LogP contribution in [0.25, 0.3) is 0 Å². The van der Waals surface area contributed by atoms with Gasteiger partial charge in [0.25, 0.3) is 0 Å². The first-order valence-electron chi connectivity index (χ1n) is 5.59. The van der Waals surface area contributed by atoms with E-state index in [1.165, 1.54) is 0 Å². The maximum atomic E-state index is 11.0. The number of fused-ring (bicyclic) bond motifs is 1. The molecule has 0 saturated heterocycles. The molecule has 6 nitrogen and oxygen atoms in total. The predicted molar refractivity (Wildman–Crippen MR) is 70.2 cm³/mol. The minimum absolute atomic E-state index is 0.253. The van der Waals surface area contributed by atoms with Crippen molar-refractivity contribution in [1.82, 2.24) is 10.6 Å². The van der Waals surface area contributed by atoms with E-state index in [1.54, 1.807) is 39.3 Å². The van der Waals surface area contributed by atoms with Crippen LogP contribution in [0.1, 0.15) is 15.9 Å². The third-order valence-corrected chi connectivity index (χ3v) is 3.25. The van der Waals surface area contributed by atoms with Crippen molar-refractivity contribution in [3.8, 4) is 0 Å². The molecule has 1 heterocycles. The molecule has 96 valence electrons. The maximum Gasteiger partial charge on any atom is 0.335 e. The lowest BCUT2D eigenvalue weighted by molar-refractivity contribution is 0.0696. The van der Waals surface area contributed by atoms with Gasteiger partial charge in [-0.1, -0.05) is 0 Å². The van der Waals surface area contributed by atoms with E-state index in [0.29, 0.717) is 5.84 Å². The number of benzene rings is 1. The van der Waals surface area contributed by atoms with E-state index < -0.39 is 11.6 Å². The Bertz CT molecular complexity index is 521. The summed E-state index contributed by atoms with van der Waals surface area (Å²) in [5, 5.41) is 18.5. The summed E-state index contributed by atoms with van der Waals surface area (Å²) in [6, 6.07) is 4.97. The number of aliphatic imine (C=N–C) groups is 1. The van der Waals surface area contributed by atoms with Crippen LogP contribution in [0.15, 0.2) is 23.2 Å². The summed E-state index contributed by atoms with van der Waals surface area (Å²) < 4.78 is 0. The monoisotopic (exact) mass is 248 g/mol. The first-order chi connectivity index (χ1) is 8.58. The molecule has 1 aliphatic heterocycles. The van der Waals surface area contributed by atoms with Crippen molar-refractivity contribution in [1.29, 1.82) is 0 Å². The largest absolute Gasteiger partial charge is 0.478 e. The summed E-state index contributed by atoms with van der Waals surface area (Å²) in [5.41, 5.74) is 1.26. The van der Waals surface area contributed by atoms with Gasteiger partial charge in [0.2, 0.25) is 0 Å². The lowest BCUT2D eigenvalue weighted by atomic mass is 9.98. The zero-order valence-corrected chi connectivity index (χ0v) is 10.5. The van der Waals surface area contributed by atoms with Crippen LogP contribution >= 0.6 is 0 Å². The summed E-state index contributed by atoms with van der Waals surface area (Å²) in [6.07, 6.45) is 0. The molecule has 1 aromatic rings. The molecule has 1 aliphatic rings. The third kappa shape index (κ3) is 1.58. The van der Waals surface area contributed by atoms with Crippen molar-refractivity contribution < 1.29 is 9.90 Å². The highest BCUT2D eigenvalue weighted by Crippen LogP contribution is 2.35. The summed E-state index contributed by atoms with van der Waals surface area (Å²) in [5.74, 6) is -0.231. The lowest BCUT2D eigenvalue weighted by Crippen LogP contribution is -2.55. The van der Waals surface area contributed by atoms with Gasteiger partial charge < -0.3 is 10.4 Å². The van der Waals surface area contributed by atoms with Gasteiger partial charge in [0, 0.05) is 18.3 Å². The Hall–Kier alpha value is -1.92. The van der Waals surface area contributed by atoms with E-state index >= 15 is 0 Å². The van der Waals surface area contributed by atoms with E-state index in [1.807, 2.05) is 0 Å². The van der Waals surface area contributed by atoms with Crippen molar-refractivity contribution in [3.05, 3.63) is 29.3 Å². The van der Waals surface area contributed by atoms with Crippen molar-refractivity contribution in [3.63, 3.8) is 0 Å². The molecule has 6 heteroatoms. The van der Waals surface area contributed by atoms with Crippen molar-refractivity contribution in [2.75, 3.05) is 26.5 Å². The van der Waals surface area contributed by atoms with E-state index in [2.05, 4.69) is 20.9 Å². The van der Waals surface area contributed by atoms with Gasteiger partial charge in [0.15, 0.2) is 5.66 Å². The molecule has 0 saturated carbocycles. The van der Waals surface area contributed by atoms with Crippen LogP contribution in [-0.2, 0) is 5.66 Å². The molecule has 1 aromatic carbocycles. The highest BCUT2D eigenvalue weighted by Gasteiger charge is 2.42. The molecule has 2 rings (SSSR count). The molecule has 0 aliphatic carbocycles. The molecular weight excluding hydrogens is 232 g/mol. The fraction of sp³-hybridized carbons (Fsp3) is 0.333. The van der Waals surface area contributed by atoms with E-state index in [9.17, 15) is 4.79 Å². The number of carboxylic acid groups (broad SMARTS) is 1. The summed E-state index contributed by atoms with van der Waals surface area (Å²) in [4.78, 5) is 15.3. The fourth-order valence-corrected chi connectivity index (χ4v) is 2.30. The first kappa shape index (κ1) is 12.5. The van der Waals surface area contributed by atoms with Crippen LogP contribution in [0, 0.1) is 0 Å². The zero-order chi connectivity index (χ0) is 13.3. The molecular formula is C12H16N4O2. The highest BCUT2D eigenvalue weighted by atomic mass is 16.4. The number of nitrogens with zero attached hydrogens (tertiary/aromatic N) is 1. The summed E-state index contributed by atoms with van der Waals surface area (Å²) in [7, 11) is 5.29. The van der Waals surface area contributed by atoms with Gasteiger partial charge in [-0.15, -0.1) is 0 Å². The topological polar surface area (TPSA) is 85.8 Å². The number of anilines is 1. The molecule has 4 N–H and O–H groups in total. The van der Waals surface area contributed by atoms with Gasteiger partial charge in [-0.05, 0) is 32.3 Å². The molecule has 18 heavy (non-hydrogen) atoms. The van der Waals surface area contributed by atoms with Gasteiger partial charge in [0.05, 0.1) is 5.56 Å². The van der Waals surface area contributed by atoms with E-state index in [0.717, 1.165) is 11.3 Å². The molecule has 0 bridgehead atoms. The molecule has 0 atom stereocenters. The molecule has 0 radical (unpaired) electrons. The van der Waals surface area contributed by atoms with Crippen LogP contribution in [0.3, 0.4) is 0 Å². The quantitative estimate of drug-likeness (QED) is 0.583. The Morgan fingerprint density at radius 3 is 2.56 bits per heavy atom. The van der Waals surface area contributed by atoms with Crippen molar-refractivity contribution >= 4 is 17.5 Å². The number of likely N-dealkylation sites (N-methyl/N-ethyl adjacent to an activating group) is 2. The standard InChI is InChI=1S/C12H16N4O2/c1-13-11-12(14-2,15-3)8-6-7(10(17)18)4-5-9(8)16-11/h4-6,14-15H,1-3H3,(H,13,16)(H,17,18). The third-order valence-electron chi connectivity index (χ3n) is 3.25. The van der Waals surface area contributed by atoms with Gasteiger partial charge in [-0.25, -0.2) is 4.79 Å². The number of rotatable bonds is 3.